The fourth-order valence-electron chi connectivity index (χ4n) is 2.63. The lowest BCUT2D eigenvalue weighted by Gasteiger charge is -2.26. The highest BCUT2D eigenvalue weighted by molar-refractivity contribution is 6.30. The maximum Gasteiger partial charge on any atom is 0.228 e. The van der Waals surface area contributed by atoms with Crippen LogP contribution in [-0.2, 0) is 4.79 Å². The molecule has 1 aromatic rings. The lowest BCUT2D eigenvalue weighted by Crippen LogP contribution is -2.47. The lowest BCUT2D eigenvalue weighted by atomic mass is 9.90. The van der Waals surface area contributed by atoms with Crippen LogP contribution >= 0.6 is 11.6 Å². The first kappa shape index (κ1) is 16.3. The number of carbonyl (C=O) groups excluding carboxylic acids is 1. The summed E-state index contributed by atoms with van der Waals surface area (Å²) < 4.78 is 0. The number of carbonyl (C=O) groups is 1. The van der Waals surface area contributed by atoms with Gasteiger partial charge in [-0.25, -0.2) is 0 Å². The average molecular weight is 311 g/mol. The molecule has 1 heterocycles. The zero-order valence-electron chi connectivity index (χ0n) is 12.8. The van der Waals surface area contributed by atoms with Crippen LogP contribution in [0.1, 0.15) is 25.3 Å². The first-order valence-electron chi connectivity index (χ1n) is 7.19. The number of aliphatic hydroxyl groups excluding tert-OH is 1. The van der Waals surface area contributed by atoms with E-state index in [4.69, 9.17) is 11.6 Å². The van der Waals surface area contributed by atoms with E-state index in [1.807, 2.05) is 31.3 Å². The first-order valence-corrected chi connectivity index (χ1v) is 7.57. The second-order valence-corrected chi connectivity index (χ2v) is 6.94. The van der Waals surface area contributed by atoms with Gasteiger partial charge in [0, 0.05) is 30.1 Å². The van der Waals surface area contributed by atoms with Gasteiger partial charge in [-0.2, -0.15) is 0 Å². The topological polar surface area (TPSA) is 52.6 Å². The number of likely N-dealkylation sites (N-methyl/N-ethyl adjacent to an activating group) is 1. The predicted molar refractivity (Wildman–Crippen MR) is 84.5 cm³/mol. The van der Waals surface area contributed by atoms with Crippen molar-refractivity contribution in [2.75, 3.05) is 26.7 Å². The van der Waals surface area contributed by atoms with E-state index in [1.165, 1.54) is 5.56 Å². The van der Waals surface area contributed by atoms with Gasteiger partial charge in [-0.05, 0) is 38.6 Å². The van der Waals surface area contributed by atoms with Gasteiger partial charge in [0.05, 0.1) is 12.0 Å². The molecule has 0 saturated carbocycles. The SMILES string of the molecule is CN1C[C@H](NC(=O)C(C)(C)CO)[C@@H](c2ccc(Cl)cc2)C1. The predicted octanol–water partition coefficient (Wildman–Crippen LogP) is 1.87. The summed E-state index contributed by atoms with van der Waals surface area (Å²) in [4.78, 5) is 14.5. The van der Waals surface area contributed by atoms with Gasteiger partial charge in [0.15, 0.2) is 0 Å². The number of aliphatic hydroxyl groups is 1. The van der Waals surface area contributed by atoms with Crippen molar-refractivity contribution in [2.45, 2.75) is 25.8 Å². The van der Waals surface area contributed by atoms with Crippen molar-refractivity contribution in [3.8, 4) is 0 Å². The molecule has 1 fully saturated rings. The number of likely N-dealkylation sites (tertiary alicyclic amines) is 1. The zero-order valence-corrected chi connectivity index (χ0v) is 13.5. The van der Waals surface area contributed by atoms with E-state index in [-0.39, 0.29) is 24.5 Å². The molecule has 2 rings (SSSR count). The summed E-state index contributed by atoms with van der Waals surface area (Å²) in [6, 6.07) is 7.84. The Hall–Kier alpha value is -1.10. The number of benzene rings is 1. The summed E-state index contributed by atoms with van der Waals surface area (Å²) >= 11 is 5.94. The molecule has 0 bridgehead atoms. The molecule has 5 heteroatoms. The largest absolute Gasteiger partial charge is 0.395 e. The van der Waals surface area contributed by atoms with E-state index in [0.717, 1.165) is 13.1 Å². The molecule has 2 atom stereocenters. The highest BCUT2D eigenvalue weighted by Gasteiger charge is 2.36. The van der Waals surface area contributed by atoms with Crippen molar-refractivity contribution in [3.05, 3.63) is 34.9 Å². The molecule has 0 radical (unpaired) electrons. The molecule has 116 valence electrons. The summed E-state index contributed by atoms with van der Waals surface area (Å²) in [6.45, 7) is 5.04. The minimum absolute atomic E-state index is 0.0505. The molecule has 1 saturated heterocycles. The molecule has 1 aromatic carbocycles. The zero-order chi connectivity index (χ0) is 15.6. The molecular formula is C16H23ClN2O2. The Morgan fingerprint density at radius 1 is 1.38 bits per heavy atom. The monoisotopic (exact) mass is 310 g/mol. The molecule has 4 nitrogen and oxygen atoms in total. The van der Waals surface area contributed by atoms with Crippen LogP contribution in [0.5, 0.6) is 0 Å². The third-order valence-corrected chi connectivity index (χ3v) is 4.38. The second kappa shape index (κ2) is 6.34. The molecule has 0 spiro atoms. The average Bonchev–Trinajstić information content (AvgIpc) is 2.80. The minimum Gasteiger partial charge on any atom is -0.395 e. The molecule has 0 unspecified atom stereocenters. The van der Waals surface area contributed by atoms with E-state index in [2.05, 4.69) is 10.2 Å². The normalized spacial score (nSPS) is 23.3. The van der Waals surface area contributed by atoms with E-state index in [0.29, 0.717) is 5.02 Å². The van der Waals surface area contributed by atoms with E-state index in [1.54, 1.807) is 13.8 Å². The standard InChI is InChI=1S/C16H23ClN2O2/c1-16(2,10-20)15(21)18-14-9-19(3)8-13(14)11-4-6-12(17)7-5-11/h4-7,13-14,20H,8-10H2,1-3H3,(H,18,21)/t13-,14+/m1/s1. The van der Waals surface area contributed by atoms with Crippen molar-refractivity contribution in [2.24, 2.45) is 5.41 Å². The van der Waals surface area contributed by atoms with Crippen molar-refractivity contribution in [1.82, 2.24) is 10.2 Å². The van der Waals surface area contributed by atoms with Crippen LogP contribution in [0.3, 0.4) is 0 Å². The van der Waals surface area contributed by atoms with Gasteiger partial charge in [-0.1, -0.05) is 23.7 Å². The summed E-state index contributed by atoms with van der Waals surface area (Å²) in [5, 5.41) is 13.1. The maximum atomic E-state index is 12.3. The van der Waals surface area contributed by atoms with E-state index >= 15 is 0 Å². The number of nitrogens with zero attached hydrogens (tertiary/aromatic N) is 1. The fourth-order valence-corrected chi connectivity index (χ4v) is 2.76. The van der Waals surface area contributed by atoms with Gasteiger partial charge in [0.1, 0.15) is 0 Å². The van der Waals surface area contributed by atoms with Crippen molar-refractivity contribution in [1.29, 1.82) is 0 Å². The van der Waals surface area contributed by atoms with Crippen molar-refractivity contribution >= 4 is 17.5 Å². The first-order chi connectivity index (χ1) is 9.83. The lowest BCUT2D eigenvalue weighted by molar-refractivity contribution is -0.132. The minimum atomic E-state index is -0.758. The van der Waals surface area contributed by atoms with Crippen LogP contribution in [0, 0.1) is 5.41 Å². The van der Waals surface area contributed by atoms with Crippen LogP contribution in [0.25, 0.3) is 0 Å². The summed E-state index contributed by atoms with van der Waals surface area (Å²) in [5.41, 5.74) is 0.418. The molecule has 1 aliphatic heterocycles. The molecular weight excluding hydrogens is 288 g/mol. The summed E-state index contributed by atoms with van der Waals surface area (Å²) in [7, 11) is 2.05. The van der Waals surface area contributed by atoms with Crippen LogP contribution in [0.2, 0.25) is 5.02 Å². The van der Waals surface area contributed by atoms with Crippen LogP contribution in [0.15, 0.2) is 24.3 Å². The number of amides is 1. The number of rotatable bonds is 4. The highest BCUT2D eigenvalue weighted by Crippen LogP contribution is 2.28. The molecule has 1 amide bonds. The van der Waals surface area contributed by atoms with Gasteiger partial charge in [-0.15, -0.1) is 0 Å². The summed E-state index contributed by atoms with van der Waals surface area (Å²) in [6.07, 6.45) is 0. The van der Waals surface area contributed by atoms with Gasteiger partial charge >= 0.3 is 0 Å². The second-order valence-electron chi connectivity index (χ2n) is 6.50. The van der Waals surface area contributed by atoms with Gasteiger partial charge < -0.3 is 15.3 Å². The summed E-state index contributed by atoms with van der Waals surface area (Å²) in [5.74, 6) is 0.134. The van der Waals surface area contributed by atoms with Gasteiger partial charge in [-0.3, -0.25) is 4.79 Å². The van der Waals surface area contributed by atoms with E-state index in [9.17, 15) is 9.90 Å². The smallest absolute Gasteiger partial charge is 0.228 e. The molecule has 2 N–H and O–H groups in total. The number of hydrogen-bond acceptors (Lipinski definition) is 3. The van der Waals surface area contributed by atoms with Crippen LogP contribution in [-0.4, -0.2) is 48.7 Å². The van der Waals surface area contributed by atoms with Crippen molar-refractivity contribution in [3.63, 3.8) is 0 Å². The Morgan fingerprint density at radius 3 is 2.57 bits per heavy atom. The third-order valence-electron chi connectivity index (χ3n) is 4.13. The fraction of sp³-hybridized carbons (Fsp3) is 0.562. The number of hydrogen-bond donors (Lipinski definition) is 2. The number of halogens is 1. The Labute approximate surface area is 131 Å². The van der Waals surface area contributed by atoms with Crippen LogP contribution < -0.4 is 5.32 Å². The van der Waals surface area contributed by atoms with Gasteiger partial charge in [0.2, 0.25) is 5.91 Å². The third kappa shape index (κ3) is 3.76. The Morgan fingerprint density at radius 2 is 2.00 bits per heavy atom. The Bertz CT molecular complexity index is 502. The molecule has 21 heavy (non-hydrogen) atoms. The molecule has 0 aliphatic carbocycles. The van der Waals surface area contributed by atoms with Crippen molar-refractivity contribution < 1.29 is 9.90 Å². The Kier molecular flexibility index (Phi) is 4.91. The van der Waals surface area contributed by atoms with E-state index < -0.39 is 5.41 Å². The highest BCUT2D eigenvalue weighted by atomic mass is 35.5. The quantitative estimate of drug-likeness (QED) is 0.893. The molecule has 0 aromatic heterocycles. The van der Waals surface area contributed by atoms with Gasteiger partial charge in [0.25, 0.3) is 0 Å². The number of nitrogens with one attached hydrogen (secondary N) is 1. The Balaban J connectivity index is 2.14. The van der Waals surface area contributed by atoms with Crippen LogP contribution in [0.4, 0.5) is 0 Å². The molecule has 1 aliphatic rings. The maximum absolute atomic E-state index is 12.3.